The van der Waals surface area contributed by atoms with Gasteiger partial charge in [-0.3, -0.25) is 0 Å². The van der Waals surface area contributed by atoms with Crippen LogP contribution in [0.3, 0.4) is 0 Å². The van der Waals surface area contributed by atoms with Gasteiger partial charge < -0.3 is 15.3 Å². The van der Waals surface area contributed by atoms with Crippen molar-refractivity contribution in [2.45, 2.75) is 31.5 Å². The summed E-state index contributed by atoms with van der Waals surface area (Å²) >= 11 is 1.82. The van der Waals surface area contributed by atoms with Crippen molar-refractivity contribution in [2.75, 3.05) is 11.5 Å². The second-order valence-electron chi connectivity index (χ2n) is 5.46. The standard InChI is InChI=1S/C15H18N2O3S/c18-14(19)13-7-10-3-1-2-4-11(10)8-17(13)15(20)16-12-5-6-21-9-12/h1-4,12-13H,5-9H2,(H,16,20)(H,18,19). The van der Waals surface area contributed by atoms with E-state index in [1.165, 1.54) is 4.90 Å². The molecule has 0 aromatic heterocycles. The van der Waals surface area contributed by atoms with Crippen LogP contribution in [0.15, 0.2) is 24.3 Å². The molecule has 2 amide bonds. The molecule has 2 aliphatic heterocycles. The maximum atomic E-state index is 12.4. The minimum absolute atomic E-state index is 0.161. The number of carboxylic acids is 1. The number of amides is 2. The minimum atomic E-state index is -0.944. The molecule has 0 radical (unpaired) electrons. The van der Waals surface area contributed by atoms with Crippen LogP contribution in [-0.4, -0.2) is 45.6 Å². The van der Waals surface area contributed by atoms with Gasteiger partial charge in [-0.15, -0.1) is 0 Å². The van der Waals surface area contributed by atoms with Gasteiger partial charge in [-0.2, -0.15) is 11.8 Å². The first-order valence-corrected chi connectivity index (χ1v) is 8.25. The Balaban J connectivity index is 1.78. The summed E-state index contributed by atoms with van der Waals surface area (Å²) in [6.45, 7) is 0.360. The SMILES string of the molecule is O=C(O)C1Cc2ccccc2CN1C(=O)NC1CCSC1. The van der Waals surface area contributed by atoms with Crippen LogP contribution in [0, 0.1) is 0 Å². The molecule has 0 bridgehead atoms. The molecule has 3 rings (SSSR count). The Morgan fingerprint density at radius 2 is 2.05 bits per heavy atom. The second-order valence-corrected chi connectivity index (χ2v) is 6.61. The lowest BCUT2D eigenvalue weighted by molar-refractivity contribution is -0.142. The predicted molar refractivity (Wildman–Crippen MR) is 81.4 cm³/mol. The predicted octanol–water partition coefficient (Wildman–Crippen LogP) is 1.71. The average Bonchev–Trinajstić information content (AvgIpc) is 2.98. The smallest absolute Gasteiger partial charge is 0.326 e. The molecule has 0 aliphatic carbocycles. The van der Waals surface area contributed by atoms with E-state index in [9.17, 15) is 14.7 Å². The van der Waals surface area contributed by atoms with Crippen LogP contribution in [0.2, 0.25) is 0 Å². The number of fused-ring (bicyclic) bond motifs is 1. The molecular formula is C15H18N2O3S. The molecule has 1 fully saturated rings. The largest absolute Gasteiger partial charge is 0.480 e. The molecule has 6 heteroatoms. The van der Waals surface area contributed by atoms with Crippen molar-refractivity contribution in [1.29, 1.82) is 0 Å². The molecule has 5 nitrogen and oxygen atoms in total. The Morgan fingerprint density at radius 3 is 2.71 bits per heavy atom. The fourth-order valence-electron chi connectivity index (χ4n) is 2.86. The normalized spacial score (nSPS) is 24.5. The zero-order chi connectivity index (χ0) is 14.8. The third-order valence-corrected chi connectivity index (χ3v) is 5.21. The van der Waals surface area contributed by atoms with Gasteiger partial charge in [-0.1, -0.05) is 24.3 Å². The number of urea groups is 1. The van der Waals surface area contributed by atoms with Crippen LogP contribution < -0.4 is 5.32 Å². The summed E-state index contributed by atoms with van der Waals surface area (Å²) in [7, 11) is 0. The van der Waals surface area contributed by atoms with E-state index in [0.29, 0.717) is 13.0 Å². The van der Waals surface area contributed by atoms with Gasteiger partial charge in [-0.25, -0.2) is 9.59 Å². The maximum Gasteiger partial charge on any atom is 0.326 e. The summed E-state index contributed by atoms with van der Waals surface area (Å²) < 4.78 is 0. The highest BCUT2D eigenvalue weighted by Gasteiger charge is 2.35. The number of benzene rings is 1. The summed E-state index contributed by atoms with van der Waals surface area (Å²) in [5.74, 6) is 1.02. The number of nitrogens with zero attached hydrogens (tertiary/aromatic N) is 1. The van der Waals surface area contributed by atoms with Gasteiger partial charge in [0.2, 0.25) is 0 Å². The van der Waals surface area contributed by atoms with Crippen molar-refractivity contribution in [2.24, 2.45) is 0 Å². The third-order valence-electron chi connectivity index (χ3n) is 4.05. The molecule has 1 aromatic rings. The third kappa shape index (κ3) is 3.00. The number of rotatable bonds is 2. The number of thioether (sulfide) groups is 1. The van der Waals surface area contributed by atoms with Gasteiger partial charge in [0.05, 0.1) is 0 Å². The van der Waals surface area contributed by atoms with Gasteiger partial charge in [0.15, 0.2) is 0 Å². The van der Waals surface area contributed by atoms with Gasteiger partial charge in [0.25, 0.3) is 0 Å². The van der Waals surface area contributed by atoms with E-state index >= 15 is 0 Å². The Labute approximate surface area is 127 Å². The Hall–Kier alpha value is -1.69. The van der Waals surface area contributed by atoms with Crippen LogP contribution >= 0.6 is 11.8 Å². The zero-order valence-electron chi connectivity index (χ0n) is 11.6. The summed E-state index contributed by atoms with van der Waals surface area (Å²) in [5, 5.41) is 12.4. The van der Waals surface area contributed by atoms with Crippen molar-refractivity contribution in [3.05, 3.63) is 35.4 Å². The average molecular weight is 306 g/mol. The van der Waals surface area contributed by atoms with E-state index in [1.807, 2.05) is 36.0 Å². The topological polar surface area (TPSA) is 69.6 Å². The molecule has 2 N–H and O–H groups in total. The number of carbonyl (C=O) groups excluding carboxylic acids is 1. The van der Waals surface area contributed by atoms with E-state index in [0.717, 1.165) is 29.1 Å². The lowest BCUT2D eigenvalue weighted by atomic mass is 9.94. The summed E-state index contributed by atoms with van der Waals surface area (Å²) in [4.78, 5) is 25.4. The van der Waals surface area contributed by atoms with Gasteiger partial charge in [0, 0.05) is 24.8 Å². The van der Waals surface area contributed by atoms with Crippen molar-refractivity contribution in [3.63, 3.8) is 0 Å². The summed E-state index contributed by atoms with van der Waals surface area (Å²) in [6, 6.07) is 6.84. The quantitative estimate of drug-likeness (QED) is 0.873. The minimum Gasteiger partial charge on any atom is -0.480 e. The van der Waals surface area contributed by atoms with Crippen molar-refractivity contribution in [1.82, 2.24) is 10.2 Å². The lowest BCUT2D eigenvalue weighted by Crippen LogP contribution is -2.54. The monoisotopic (exact) mass is 306 g/mol. The van der Waals surface area contributed by atoms with Crippen LogP contribution in [0.25, 0.3) is 0 Å². The van der Waals surface area contributed by atoms with E-state index in [4.69, 9.17) is 0 Å². The van der Waals surface area contributed by atoms with E-state index in [-0.39, 0.29) is 12.1 Å². The Morgan fingerprint density at radius 1 is 1.29 bits per heavy atom. The van der Waals surface area contributed by atoms with E-state index in [1.54, 1.807) is 0 Å². The summed E-state index contributed by atoms with van der Waals surface area (Å²) in [5.41, 5.74) is 2.05. The zero-order valence-corrected chi connectivity index (χ0v) is 12.4. The lowest BCUT2D eigenvalue weighted by Gasteiger charge is -2.35. The molecule has 0 spiro atoms. The molecule has 1 saturated heterocycles. The maximum absolute atomic E-state index is 12.4. The number of hydrogen-bond donors (Lipinski definition) is 2. The molecule has 2 unspecified atom stereocenters. The van der Waals surface area contributed by atoms with Crippen LogP contribution in [-0.2, 0) is 17.8 Å². The highest BCUT2D eigenvalue weighted by atomic mass is 32.2. The van der Waals surface area contributed by atoms with E-state index < -0.39 is 12.0 Å². The Kier molecular flexibility index (Phi) is 4.05. The molecular weight excluding hydrogens is 288 g/mol. The van der Waals surface area contributed by atoms with Crippen molar-refractivity contribution < 1.29 is 14.7 Å². The number of nitrogens with one attached hydrogen (secondary N) is 1. The number of carboxylic acid groups (broad SMARTS) is 1. The molecule has 21 heavy (non-hydrogen) atoms. The Bertz CT molecular complexity index is 558. The molecule has 1 aromatic carbocycles. The second kappa shape index (κ2) is 5.97. The van der Waals surface area contributed by atoms with Gasteiger partial charge in [0.1, 0.15) is 6.04 Å². The highest BCUT2D eigenvalue weighted by Crippen LogP contribution is 2.24. The van der Waals surface area contributed by atoms with Crippen molar-refractivity contribution in [3.8, 4) is 0 Å². The first kappa shape index (κ1) is 14.3. The molecule has 2 aliphatic rings. The van der Waals surface area contributed by atoms with Gasteiger partial charge in [-0.05, 0) is 23.3 Å². The van der Waals surface area contributed by atoms with Gasteiger partial charge >= 0.3 is 12.0 Å². The van der Waals surface area contributed by atoms with Crippen LogP contribution in [0.4, 0.5) is 4.79 Å². The molecule has 2 heterocycles. The van der Waals surface area contributed by atoms with Crippen LogP contribution in [0.1, 0.15) is 17.5 Å². The first-order valence-electron chi connectivity index (χ1n) is 7.09. The fraction of sp³-hybridized carbons (Fsp3) is 0.467. The number of aliphatic carboxylic acids is 1. The van der Waals surface area contributed by atoms with Crippen molar-refractivity contribution >= 4 is 23.8 Å². The highest BCUT2D eigenvalue weighted by molar-refractivity contribution is 7.99. The number of hydrogen-bond acceptors (Lipinski definition) is 3. The fourth-order valence-corrected chi connectivity index (χ4v) is 4.02. The molecule has 112 valence electrons. The summed E-state index contributed by atoms with van der Waals surface area (Å²) in [6.07, 6.45) is 1.33. The molecule has 2 atom stereocenters. The first-order chi connectivity index (χ1) is 10.1. The van der Waals surface area contributed by atoms with E-state index in [2.05, 4.69) is 5.32 Å². The molecule has 0 saturated carbocycles. The van der Waals surface area contributed by atoms with Crippen LogP contribution in [0.5, 0.6) is 0 Å². The number of carbonyl (C=O) groups is 2.